The molecule has 0 aliphatic rings. The van der Waals surface area contributed by atoms with Crippen LogP contribution in [0, 0.1) is 0 Å². The Hall–Kier alpha value is -3.15. The molecule has 1 N–H and O–H groups in total. The molecular weight excluding hydrogens is 356 g/mol. The highest BCUT2D eigenvalue weighted by atomic mass is 16.5. The van der Waals surface area contributed by atoms with E-state index in [-0.39, 0.29) is 12.3 Å². The number of fused-ring (bicyclic) bond motifs is 1. The molecule has 1 aromatic heterocycles. The maximum Gasteiger partial charge on any atom is 0.312 e. The molecule has 0 saturated carbocycles. The summed E-state index contributed by atoms with van der Waals surface area (Å²) in [6, 6.07) is 15.0. The van der Waals surface area contributed by atoms with Crippen LogP contribution in [0.2, 0.25) is 0 Å². The summed E-state index contributed by atoms with van der Waals surface area (Å²) >= 11 is 0. The number of esters is 1. The number of nitrogens with one attached hydrogen (secondary N) is 1. The van der Waals surface area contributed by atoms with E-state index in [0.29, 0.717) is 17.2 Å². The van der Waals surface area contributed by atoms with Gasteiger partial charge in [0.1, 0.15) is 5.69 Å². The highest BCUT2D eigenvalue weighted by Gasteiger charge is 2.21. The van der Waals surface area contributed by atoms with Gasteiger partial charge in [-0.3, -0.25) is 9.59 Å². The Kier molecular flexibility index (Phi) is 6.09. The molecule has 3 aromatic rings. The molecular formula is C22H24N2O4. The van der Waals surface area contributed by atoms with Gasteiger partial charge in [0.05, 0.1) is 6.42 Å². The number of hydrogen-bond donors (Lipinski definition) is 1. The van der Waals surface area contributed by atoms with E-state index < -0.39 is 12.1 Å². The van der Waals surface area contributed by atoms with E-state index in [0.717, 1.165) is 23.1 Å². The lowest BCUT2D eigenvalue weighted by Crippen LogP contribution is -2.31. The predicted octanol–water partition coefficient (Wildman–Crippen LogP) is 4.45. The van der Waals surface area contributed by atoms with Crippen LogP contribution in [0.3, 0.4) is 0 Å². The van der Waals surface area contributed by atoms with Gasteiger partial charge in [-0.15, -0.1) is 0 Å². The summed E-state index contributed by atoms with van der Waals surface area (Å²) < 4.78 is 10.5. The Balaban J connectivity index is 1.62. The van der Waals surface area contributed by atoms with E-state index in [1.807, 2.05) is 42.5 Å². The molecule has 28 heavy (non-hydrogen) atoms. The molecule has 0 radical (unpaired) electrons. The molecule has 3 rings (SSSR count). The van der Waals surface area contributed by atoms with Crippen LogP contribution in [-0.4, -0.2) is 23.1 Å². The van der Waals surface area contributed by atoms with Crippen molar-refractivity contribution in [2.45, 2.75) is 45.6 Å². The third-order valence-corrected chi connectivity index (χ3v) is 4.80. The van der Waals surface area contributed by atoms with Crippen molar-refractivity contribution in [3.63, 3.8) is 0 Å². The first-order valence-electron chi connectivity index (χ1n) is 9.42. The molecule has 6 nitrogen and oxygen atoms in total. The first kappa shape index (κ1) is 19.6. The van der Waals surface area contributed by atoms with Crippen LogP contribution >= 0.6 is 0 Å². The van der Waals surface area contributed by atoms with Gasteiger partial charge in [0.2, 0.25) is 0 Å². The van der Waals surface area contributed by atoms with Crippen molar-refractivity contribution in [3.05, 3.63) is 59.8 Å². The van der Waals surface area contributed by atoms with Crippen LogP contribution in [0.15, 0.2) is 53.1 Å². The van der Waals surface area contributed by atoms with Gasteiger partial charge < -0.3 is 14.6 Å². The van der Waals surface area contributed by atoms with E-state index >= 15 is 0 Å². The van der Waals surface area contributed by atoms with Crippen LogP contribution in [0.4, 0.5) is 5.69 Å². The molecule has 146 valence electrons. The van der Waals surface area contributed by atoms with E-state index in [9.17, 15) is 9.59 Å². The minimum Gasteiger partial charge on any atom is -0.452 e. The number of benzene rings is 2. The lowest BCUT2D eigenvalue weighted by atomic mass is 9.97. The van der Waals surface area contributed by atoms with Gasteiger partial charge in [0, 0.05) is 11.1 Å². The molecule has 1 amide bonds. The molecule has 0 unspecified atom stereocenters. The molecule has 6 heteroatoms. The van der Waals surface area contributed by atoms with Crippen molar-refractivity contribution in [1.82, 2.24) is 5.16 Å². The molecule has 0 bridgehead atoms. The quantitative estimate of drug-likeness (QED) is 0.612. The molecule has 0 spiro atoms. The van der Waals surface area contributed by atoms with Gasteiger partial charge in [-0.05, 0) is 43.0 Å². The monoisotopic (exact) mass is 380 g/mol. The molecule has 0 fully saturated rings. The van der Waals surface area contributed by atoms with Crippen molar-refractivity contribution in [3.8, 4) is 0 Å². The van der Waals surface area contributed by atoms with Crippen molar-refractivity contribution < 1.29 is 18.8 Å². The largest absolute Gasteiger partial charge is 0.452 e. The minimum absolute atomic E-state index is 0.0575. The SMILES string of the molecule is CC[C@@H](C)c1ccccc1NC(=O)[C@H](C)OC(=O)Cc1noc2ccccc12. The Morgan fingerprint density at radius 2 is 1.82 bits per heavy atom. The fourth-order valence-corrected chi connectivity index (χ4v) is 2.99. The molecule has 1 heterocycles. The number of anilines is 1. The summed E-state index contributed by atoms with van der Waals surface area (Å²) in [5, 5.41) is 7.55. The number of para-hydroxylation sites is 2. The average Bonchev–Trinajstić information content (AvgIpc) is 3.10. The van der Waals surface area contributed by atoms with Crippen molar-refractivity contribution in [2.75, 3.05) is 5.32 Å². The fraction of sp³-hybridized carbons (Fsp3) is 0.318. The maximum absolute atomic E-state index is 12.5. The second kappa shape index (κ2) is 8.69. The maximum atomic E-state index is 12.5. The highest BCUT2D eigenvalue weighted by molar-refractivity contribution is 5.96. The van der Waals surface area contributed by atoms with Gasteiger partial charge in [0.25, 0.3) is 5.91 Å². The van der Waals surface area contributed by atoms with Gasteiger partial charge in [-0.25, -0.2) is 0 Å². The summed E-state index contributed by atoms with van der Waals surface area (Å²) in [5.41, 5.74) is 2.91. The highest BCUT2D eigenvalue weighted by Crippen LogP contribution is 2.26. The summed E-state index contributed by atoms with van der Waals surface area (Å²) in [6.45, 7) is 5.76. The number of hydrogen-bond acceptors (Lipinski definition) is 5. The molecule has 0 aliphatic carbocycles. The predicted molar refractivity (Wildman–Crippen MR) is 107 cm³/mol. The lowest BCUT2D eigenvalue weighted by molar-refractivity contribution is -0.152. The zero-order valence-electron chi connectivity index (χ0n) is 16.3. The first-order chi connectivity index (χ1) is 13.5. The van der Waals surface area contributed by atoms with Crippen LogP contribution in [0.25, 0.3) is 11.0 Å². The smallest absolute Gasteiger partial charge is 0.312 e. The van der Waals surface area contributed by atoms with Crippen LogP contribution in [-0.2, 0) is 20.7 Å². The number of nitrogens with zero attached hydrogens (tertiary/aromatic N) is 1. The summed E-state index contributed by atoms with van der Waals surface area (Å²) in [7, 11) is 0. The van der Waals surface area contributed by atoms with Gasteiger partial charge in [-0.1, -0.05) is 49.3 Å². The first-order valence-corrected chi connectivity index (χ1v) is 9.42. The van der Waals surface area contributed by atoms with E-state index in [1.165, 1.54) is 0 Å². The molecule has 0 aliphatic heterocycles. The zero-order valence-corrected chi connectivity index (χ0v) is 16.3. The van der Waals surface area contributed by atoms with Gasteiger partial charge >= 0.3 is 5.97 Å². The number of rotatable bonds is 7. The molecule has 2 atom stereocenters. The number of amides is 1. The molecule has 0 saturated heterocycles. The third kappa shape index (κ3) is 4.39. The Morgan fingerprint density at radius 1 is 1.11 bits per heavy atom. The Morgan fingerprint density at radius 3 is 2.61 bits per heavy atom. The van der Waals surface area contributed by atoms with Gasteiger partial charge in [-0.2, -0.15) is 0 Å². The van der Waals surface area contributed by atoms with Crippen molar-refractivity contribution in [2.24, 2.45) is 0 Å². The third-order valence-electron chi connectivity index (χ3n) is 4.80. The Labute approximate surface area is 163 Å². The number of carbonyl (C=O) groups excluding carboxylic acids is 2. The zero-order chi connectivity index (χ0) is 20.1. The van der Waals surface area contributed by atoms with E-state index in [1.54, 1.807) is 13.0 Å². The topological polar surface area (TPSA) is 81.4 Å². The normalized spacial score (nSPS) is 13.1. The van der Waals surface area contributed by atoms with Crippen LogP contribution in [0.1, 0.15) is 44.4 Å². The second-order valence-corrected chi connectivity index (χ2v) is 6.82. The Bertz CT molecular complexity index is 979. The summed E-state index contributed by atoms with van der Waals surface area (Å²) in [5.74, 6) is -0.583. The second-order valence-electron chi connectivity index (χ2n) is 6.82. The number of aromatic nitrogens is 1. The summed E-state index contributed by atoms with van der Waals surface area (Å²) in [6.07, 6.45) is -0.0168. The number of carbonyl (C=O) groups is 2. The average molecular weight is 380 g/mol. The van der Waals surface area contributed by atoms with Crippen LogP contribution in [0.5, 0.6) is 0 Å². The lowest BCUT2D eigenvalue weighted by Gasteiger charge is -2.18. The van der Waals surface area contributed by atoms with Crippen molar-refractivity contribution in [1.29, 1.82) is 0 Å². The van der Waals surface area contributed by atoms with E-state index in [2.05, 4.69) is 24.3 Å². The van der Waals surface area contributed by atoms with Crippen molar-refractivity contribution >= 4 is 28.5 Å². The fourth-order valence-electron chi connectivity index (χ4n) is 2.99. The van der Waals surface area contributed by atoms with E-state index in [4.69, 9.17) is 9.26 Å². The molecule has 2 aromatic carbocycles. The van der Waals surface area contributed by atoms with Crippen LogP contribution < -0.4 is 5.32 Å². The van der Waals surface area contributed by atoms with Gasteiger partial charge in [0.15, 0.2) is 11.7 Å². The standard InChI is InChI=1S/C22H24N2O4/c1-4-14(2)16-9-5-7-11-18(16)23-22(26)15(3)27-21(25)13-19-17-10-6-8-12-20(17)28-24-19/h5-12,14-15H,4,13H2,1-3H3,(H,23,26)/t14-,15+/m1/s1. The number of ether oxygens (including phenoxy) is 1. The summed E-state index contributed by atoms with van der Waals surface area (Å²) in [4.78, 5) is 24.8. The minimum atomic E-state index is -0.921.